The Kier molecular flexibility index (Phi) is 45.8. The second-order valence-corrected chi connectivity index (χ2v) is 2.67. The molecule has 0 unspecified atom stereocenters. The van der Waals surface area contributed by atoms with E-state index in [1.165, 1.54) is 11.0 Å². The second kappa shape index (κ2) is 29.4. The summed E-state index contributed by atoms with van der Waals surface area (Å²) in [6.45, 7) is 0. The van der Waals surface area contributed by atoms with Crippen LogP contribution in [0.25, 0.3) is 0 Å². The molecule has 0 saturated heterocycles. The standard InChI is InChI=1S/2C2H5NS.2H2O3S/c2*1-3-2-4;2*1-4(2)3/h2*2H,1H3,(H,3,4);2*(H2,1,2,3). The van der Waals surface area contributed by atoms with Crippen molar-refractivity contribution in [1.82, 2.24) is 10.6 Å². The van der Waals surface area contributed by atoms with E-state index < -0.39 is 22.7 Å². The van der Waals surface area contributed by atoms with Crippen LogP contribution in [0.1, 0.15) is 0 Å². The van der Waals surface area contributed by atoms with E-state index in [-0.39, 0.29) is 0 Å². The lowest BCUT2D eigenvalue weighted by molar-refractivity contribution is 0.452. The van der Waals surface area contributed by atoms with E-state index in [1.807, 2.05) is 0 Å². The molecule has 0 heterocycles. The van der Waals surface area contributed by atoms with Crippen molar-refractivity contribution < 1.29 is 26.6 Å². The van der Waals surface area contributed by atoms with Crippen LogP contribution in [-0.2, 0) is 22.7 Å². The Hall–Kier alpha value is -0.0800. The molecule has 0 fully saturated rings. The van der Waals surface area contributed by atoms with Gasteiger partial charge in [0, 0.05) is 14.1 Å². The highest BCUT2D eigenvalue weighted by Crippen LogP contribution is 1.44. The first-order chi connectivity index (χ1) is 7.29. The summed E-state index contributed by atoms with van der Waals surface area (Å²) >= 11 is 3.41. The molecule has 0 atom stereocenters. The first kappa shape index (κ1) is 24.9. The highest BCUT2D eigenvalue weighted by molar-refractivity contribution is 7.79. The van der Waals surface area contributed by atoms with Gasteiger partial charge in [0.1, 0.15) is 0 Å². The summed E-state index contributed by atoms with van der Waals surface area (Å²) in [7, 11) is 3.54. The molecule has 8 nitrogen and oxygen atoms in total. The first-order valence-electron chi connectivity index (χ1n) is 3.11. The predicted molar refractivity (Wildman–Crippen MR) is 72.2 cm³/mol. The highest BCUT2D eigenvalue weighted by atomic mass is 32.2. The van der Waals surface area contributed by atoms with Gasteiger partial charge in [-0.2, -0.15) is 8.42 Å². The Bertz CT molecular complexity index is 163. The number of nitrogens with one attached hydrogen (secondary N) is 2. The van der Waals surface area contributed by atoms with Crippen molar-refractivity contribution in [2.45, 2.75) is 0 Å². The van der Waals surface area contributed by atoms with Crippen molar-refractivity contribution in [3.8, 4) is 0 Å². The maximum atomic E-state index is 8.67. The Balaban J connectivity index is -0.0000000600. The van der Waals surface area contributed by atoms with Crippen LogP contribution in [0.5, 0.6) is 0 Å². The monoisotopic (exact) mass is 314 g/mol. The summed E-state index contributed by atoms with van der Waals surface area (Å²) in [5.74, 6) is 0. The van der Waals surface area contributed by atoms with Crippen molar-refractivity contribution >= 4 is 58.1 Å². The van der Waals surface area contributed by atoms with Crippen molar-refractivity contribution in [2.75, 3.05) is 14.1 Å². The Morgan fingerprint density at radius 3 is 0.938 bits per heavy atom. The average Bonchev–Trinajstić information content (AvgIpc) is 2.16. The molecule has 12 heteroatoms. The third-order valence-corrected chi connectivity index (χ3v) is 0.707. The van der Waals surface area contributed by atoms with E-state index in [0.29, 0.717) is 0 Å². The van der Waals surface area contributed by atoms with E-state index in [2.05, 4.69) is 35.1 Å². The number of rotatable bonds is 2. The van der Waals surface area contributed by atoms with Gasteiger partial charge in [-0.3, -0.25) is 18.2 Å². The maximum Gasteiger partial charge on any atom is 0.299 e. The SMILES string of the molecule is CNC=S.CNC=S.O=S(O)O.O=S(O)O. The van der Waals surface area contributed by atoms with Crippen molar-refractivity contribution in [2.24, 2.45) is 0 Å². The molecule has 0 bridgehead atoms. The van der Waals surface area contributed by atoms with Crippen molar-refractivity contribution in [1.29, 1.82) is 0 Å². The molecule has 6 N–H and O–H groups in total. The fourth-order valence-electron chi connectivity index (χ4n) is 0. The average molecular weight is 314 g/mol. The lowest BCUT2D eigenvalue weighted by Crippen LogP contribution is -1.95. The smallest absolute Gasteiger partial charge is 0.299 e. The van der Waals surface area contributed by atoms with E-state index in [1.54, 1.807) is 14.1 Å². The summed E-state index contributed by atoms with van der Waals surface area (Å²) in [6, 6.07) is 0. The predicted octanol–water partition coefficient (Wildman–Crippen LogP) is -0.312. The maximum absolute atomic E-state index is 8.67. The molecule has 0 spiro atoms. The van der Waals surface area contributed by atoms with E-state index >= 15 is 0 Å². The summed E-state index contributed by atoms with van der Waals surface area (Å²) in [6.07, 6.45) is 0. The third-order valence-electron chi connectivity index (χ3n) is 0.236. The van der Waals surface area contributed by atoms with Gasteiger partial charge in [-0.25, -0.2) is 0 Å². The largest absolute Gasteiger partial charge is 0.385 e. The molecule has 0 saturated carbocycles. The molecule has 0 aliphatic rings. The van der Waals surface area contributed by atoms with Crippen LogP contribution < -0.4 is 10.6 Å². The third kappa shape index (κ3) is 630. The molecule has 0 amide bonds. The van der Waals surface area contributed by atoms with Gasteiger partial charge in [-0.05, 0) is 0 Å². The van der Waals surface area contributed by atoms with Crippen LogP contribution >= 0.6 is 24.4 Å². The minimum atomic E-state index is -2.61. The molecule has 0 radical (unpaired) electrons. The summed E-state index contributed by atoms with van der Waals surface area (Å²) < 4.78 is 45.7. The summed E-state index contributed by atoms with van der Waals surface area (Å²) in [4.78, 5) is 0. The minimum absolute atomic E-state index is 1.46. The highest BCUT2D eigenvalue weighted by Gasteiger charge is 1.63. The zero-order valence-corrected chi connectivity index (χ0v) is 11.7. The van der Waals surface area contributed by atoms with Crippen LogP contribution in [0, 0.1) is 0 Å². The molecular weight excluding hydrogens is 300 g/mol. The Morgan fingerprint density at radius 2 is 0.938 bits per heavy atom. The van der Waals surface area contributed by atoms with E-state index in [4.69, 9.17) is 26.6 Å². The molecule has 0 aromatic heterocycles. The van der Waals surface area contributed by atoms with Gasteiger partial charge in [0.2, 0.25) is 0 Å². The van der Waals surface area contributed by atoms with Crippen LogP contribution in [0.15, 0.2) is 0 Å². The Morgan fingerprint density at radius 1 is 0.875 bits per heavy atom. The minimum Gasteiger partial charge on any atom is -0.385 e. The topological polar surface area (TPSA) is 139 Å². The molecular formula is C4H14N2O6S4. The lowest BCUT2D eigenvalue weighted by Gasteiger charge is -1.68. The molecule has 0 aliphatic carbocycles. The van der Waals surface area contributed by atoms with Crippen molar-refractivity contribution in [3.05, 3.63) is 0 Å². The van der Waals surface area contributed by atoms with Gasteiger partial charge in [0.05, 0.1) is 11.0 Å². The molecule has 0 aliphatic heterocycles. The van der Waals surface area contributed by atoms with Crippen LogP contribution in [0.3, 0.4) is 0 Å². The molecule has 16 heavy (non-hydrogen) atoms. The van der Waals surface area contributed by atoms with Crippen LogP contribution in [0.2, 0.25) is 0 Å². The fourth-order valence-corrected chi connectivity index (χ4v) is 0. The van der Waals surface area contributed by atoms with Gasteiger partial charge in [0.25, 0.3) is 22.7 Å². The molecule has 0 rings (SSSR count). The second-order valence-electron chi connectivity index (χ2n) is 1.27. The van der Waals surface area contributed by atoms with E-state index in [0.717, 1.165) is 0 Å². The number of thiocarbonyl (C=S) groups is 2. The normalized spacial score (nSPS) is 7.00. The number of hydrogen-bond acceptors (Lipinski definition) is 4. The van der Waals surface area contributed by atoms with Crippen LogP contribution in [-0.4, -0.2) is 51.7 Å². The van der Waals surface area contributed by atoms with Crippen LogP contribution in [0.4, 0.5) is 0 Å². The zero-order chi connectivity index (χ0) is 14.0. The fraction of sp³-hybridized carbons (Fsp3) is 0.500. The lowest BCUT2D eigenvalue weighted by atomic mass is 11.3. The number of hydrogen-bond donors (Lipinski definition) is 6. The van der Waals surface area contributed by atoms with Crippen molar-refractivity contribution in [3.63, 3.8) is 0 Å². The zero-order valence-electron chi connectivity index (χ0n) is 8.39. The Labute approximate surface area is 109 Å². The van der Waals surface area contributed by atoms with Gasteiger partial charge >= 0.3 is 0 Å². The summed E-state index contributed by atoms with van der Waals surface area (Å²) in [5.41, 5.74) is 2.92. The van der Waals surface area contributed by atoms with E-state index in [9.17, 15) is 0 Å². The van der Waals surface area contributed by atoms with Gasteiger partial charge in [0.15, 0.2) is 0 Å². The molecule has 0 aromatic rings. The quantitative estimate of drug-likeness (QED) is 0.297. The summed E-state index contributed by atoms with van der Waals surface area (Å²) in [5, 5.41) is 5.24. The molecule has 100 valence electrons. The van der Waals surface area contributed by atoms with Gasteiger partial charge < -0.3 is 10.6 Å². The first-order valence-corrected chi connectivity index (χ1v) is 6.18. The van der Waals surface area contributed by atoms with Gasteiger partial charge in [-0.1, -0.05) is 24.4 Å². The van der Waals surface area contributed by atoms with Gasteiger partial charge in [-0.15, -0.1) is 0 Å². The molecule has 0 aromatic carbocycles.